The van der Waals surface area contributed by atoms with Gasteiger partial charge in [-0.1, -0.05) is 12.1 Å². The number of aromatic nitrogens is 3. The van der Waals surface area contributed by atoms with E-state index in [0.29, 0.717) is 28.6 Å². The van der Waals surface area contributed by atoms with Crippen molar-refractivity contribution in [2.75, 3.05) is 21.5 Å². The molecular formula is C30H24F5N5O4S3. The fourth-order valence-corrected chi connectivity index (χ4v) is 11.9. The summed E-state index contributed by atoms with van der Waals surface area (Å²) in [6, 6.07) is 6.99. The molecule has 3 heterocycles. The maximum absolute atomic E-state index is 16.2. The highest BCUT2D eigenvalue weighted by molar-refractivity contribution is 7.92. The van der Waals surface area contributed by atoms with Crippen molar-refractivity contribution in [2.45, 2.75) is 41.8 Å². The zero-order valence-electron chi connectivity index (χ0n) is 24.1. The number of rotatable bonds is 8. The number of sulfone groups is 1. The van der Waals surface area contributed by atoms with E-state index in [-0.39, 0.29) is 52.0 Å². The molecule has 0 amide bonds. The summed E-state index contributed by atoms with van der Waals surface area (Å²) in [7, 11) is -8.29. The maximum atomic E-state index is 16.2. The first-order valence-electron chi connectivity index (χ1n) is 14.6. The van der Waals surface area contributed by atoms with Crippen LogP contribution in [0, 0.1) is 29.4 Å². The van der Waals surface area contributed by atoms with Crippen LogP contribution in [0.5, 0.6) is 0 Å². The van der Waals surface area contributed by atoms with E-state index in [1.165, 1.54) is 29.7 Å². The van der Waals surface area contributed by atoms with Gasteiger partial charge in [-0.05, 0) is 67.3 Å². The quantitative estimate of drug-likeness (QED) is 0.217. The Kier molecular flexibility index (Phi) is 6.61. The van der Waals surface area contributed by atoms with Crippen LogP contribution in [0.2, 0.25) is 0 Å². The van der Waals surface area contributed by atoms with Crippen molar-refractivity contribution in [3.63, 3.8) is 0 Å². The van der Waals surface area contributed by atoms with Crippen molar-refractivity contribution < 1.29 is 38.8 Å². The molecule has 1 aliphatic heterocycles. The molecule has 1 saturated heterocycles. The van der Waals surface area contributed by atoms with E-state index < -0.39 is 53.8 Å². The van der Waals surface area contributed by atoms with E-state index in [9.17, 15) is 34.4 Å². The molecule has 2 aromatic heterocycles. The Hall–Kier alpha value is -3.70. The fourth-order valence-electron chi connectivity index (χ4n) is 7.11. The van der Waals surface area contributed by atoms with Crippen LogP contribution in [0.1, 0.15) is 29.8 Å². The molecule has 0 unspecified atom stereocenters. The van der Waals surface area contributed by atoms with Gasteiger partial charge in [0, 0.05) is 23.2 Å². The van der Waals surface area contributed by atoms with E-state index in [2.05, 4.69) is 15.3 Å². The average molecular weight is 710 g/mol. The van der Waals surface area contributed by atoms with Crippen LogP contribution in [-0.2, 0) is 31.5 Å². The van der Waals surface area contributed by atoms with Gasteiger partial charge >= 0.3 is 6.18 Å². The highest BCUT2D eigenvalue weighted by Crippen LogP contribution is 2.66. The van der Waals surface area contributed by atoms with Gasteiger partial charge in [-0.25, -0.2) is 40.6 Å². The molecule has 4 saturated carbocycles. The largest absolute Gasteiger partial charge is 0.417 e. The molecule has 47 heavy (non-hydrogen) atoms. The third kappa shape index (κ3) is 5.08. The Labute approximate surface area is 269 Å². The summed E-state index contributed by atoms with van der Waals surface area (Å²) < 4.78 is 123. The van der Waals surface area contributed by atoms with Crippen LogP contribution in [0.3, 0.4) is 0 Å². The summed E-state index contributed by atoms with van der Waals surface area (Å²) in [6.45, 7) is 0. The molecule has 4 aromatic rings. The molecule has 5 aliphatic rings. The van der Waals surface area contributed by atoms with Crippen LogP contribution in [0.15, 0.2) is 53.6 Å². The van der Waals surface area contributed by atoms with Gasteiger partial charge in [-0.3, -0.25) is 4.72 Å². The molecule has 2 bridgehead atoms. The minimum Gasteiger partial charge on any atom is -0.351 e. The lowest BCUT2D eigenvalue weighted by atomic mass is 9.45. The number of nitrogens with one attached hydrogen (secondary N) is 2. The first-order chi connectivity index (χ1) is 22.1. The predicted molar refractivity (Wildman–Crippen MR) is 163 cm³/mol. The molecule has 2 aromatic carbocycles. The van der Waals surface area contributed by atoms with E-state index in [1.807, 2.05) is 4.72 Å². The van der Waals surface area contributed by atoms with Crippen molar-refractivity contribution in [1.82, 2.24) is 15.0 Å². The summed E-state index contributed by atoms with van der Waals surface area (Å²) in [6.07, 6.45) is -0.861. The third-order valence-electron chi connectivity index (χ3n) is 9.57. The smallest absolute Gasteiger partial charge is 0.351 e. The summed E-state index contributed by atoms with van der Waals surface area (Å²) >= 11 is 1.33. The second-order valence-corrected chi connectivity index (χ2v) is 17.5. The monoisotopic (exact) mass is 709 g/mol. The zero-order valence-corrected chi connectivity index (χ0v) is 26.5. The number of benzene rings is 2. The number of sulfonamides is 1. The van der Waals surface area contributed by atoms with Gasteiger partial charge in [0.1, 0.15) is 15.7 Å². The minimum atomic E-state index is -5.24. The molecule has 4 aliphatic carbocycles. The highest BCUT2D eigenvalue weighted by atomic mass is 32.2. The van der Waals surface area contributed by atoms with Gasteiger partial charge in [0.25, 0.3) is 10.0 Å². The normalized spacial score (nSPS) is 27.0. The lowest BCUT2D eigenvalue weighted by Crippen LogP contribution is -2.55. The molecule has 246 valence electrons. The summed E-state index contributed by atoms with van der Waals surface area (Å²) in [5.74, 6) is -1.70. The number of anilines is 2. The van der Waals surface area contributed by atoms with Gasteiger partial charge in [-0.15, -0.1) is 11.3 Å². The average Bonchev–Trinajstić information content (AvgIpc) is 3.25. The van der Waals surface area contributed by atoms with Crippen molar-refractivity contribution >= 4 is 42.8 Å². The number of halogens is 5. The summed E-state index contributed by atoms with van der Waals surface area (Å²) in [5, 5.41) is 3.98. The van der Waals surface area contributed by atoms with Crippen molar-refractivity contribution in [1.29, 1.82) is 0 Å². The molecule has 3 atom stereocenters. The molecule has 0 spiro atoms. The highest BCUT2D eigenvalue weighted by Gasteiger charge is 2.60. The Balaban J connectivity index is 1.16. The Morgan fingerprint density at radius 1 is 0.957 bits per heavy atom. The lowest BCUT2D eigenvalue weighted by molar-refractivity contribution is -0.140. The summed E-state index contributed by atoms with van der Waals surface area (Å²) in [5.41, 5.74) is -2.12. The number of thiazole rings is 1. The van der Waals surface area contributed by atoms with Crippen molar-refractivity contribution in [3.8, 4) is 21.8 Å². The fraction of sp³-hybridized carbons (Fsp3) is 0.367. The van der Waals surface area contributed by atoms with E-state index in [4.69, 9.17) is 4.98 Å². The summed E-state index contributed by atoms with van der Waals surface area (Å²) in [4.78, 5) is 12.6. The van der Waals surface area contributed by atoms with E-state index >= 15 is 4.39 Å². The lowest BCUT2D eigenvalue weighted by Gasteiger charge is -2.60. The van der Waals surface area contributed by atoms with Gasteiger partial charge in [0.15, 0.2) is 15.7 Å². The SMILES string of the molecule is O=S1(=O)C[C@@H]2[C@H](C1)[C@@H]2Nc1nccc(-c2sc(C34CC(C3)C4)nc2-c2cccc(NS(=O)(=O)c3c(F)cccc3C(F)(F)F)c2F)n1. The zero-order chi connectivity index (χ0) is 33.1. The van der Waals surface area contributed by atoms with E-state index in [1.54, 1.807) is 6.07 Å². The van der Waals surface area contributed by atoms with Gasteiger partial charge in [0.05, 0.1) is 39.0 Å². The van der Waals surface area contributed by atoms with Crippen LogP contribution in [-0.4, -0.2) is 49.3 Å². The predicted octanol–water partition coefficient (Wildman–Crippen LogP) is 5.87. The van der Waals surface area contributed by atoms with Gasteiger partial charge in [0.2, 0.25) is 5.95 Å². The molecule has 17 heteroatoms. The number of alkyl halides is 3. The maximum Gasteiger partial charge on any atom is 0.417 e. The molecule has 9 rings (SSSR count). The number of nitrogens with zero attached hydrogens (tertiary/aromatic N) is 3. The minimum absolute atomic E-state index is 0.0145. The van der Waals surface area contributed by atoms with Crippen LogP contribution in [0.25, 0.3) is 21.8 Å². The molecule has 9 nitrogen and oxygen atoms in total. The Morgan fingerprint density at radius 3 is 2.32 bits per heavy atom. The number of hydrogen-bond acceptors (Lipinski definition) is 9. The van der Waals surface area contributed by atoms with Gasteiger partial charge in [-0.2, -0.15) is 13.2 Å². The first-order valence-corrected chi connectivity index (χ1v) is 18.8. The van der Waals surface area contributed by atoms with Crippen molar-refractivity contribution in [3.05, 3.63) is 70.9 Å². The standard InChI is InChI=1S/C30H24F5N5O4S3/c31-19-5-2-4-18(30(33,34)35)26(19)47(43,44)40-20-6-1-3-15(22(20)32)24-25(45-27(38-24)29-9-14(10-29)11-29)21-7-8-36-28(37-21)39-23-16-12-46(41,42)13-17(16)23/h1-8,14,16-17,23,40H,9-13H2,(H,36,37,39)/t14?,16-,17+,23-,29?. The molecule has 0 radical (unpaired) electrons. The van der Waals surface area contributed by atoms with Crippen molar-refractivity contribution in [2.24, 2.45) is 17.8 Å². The van der Waals surface area contributed by atoms with Crippen LogP contribution >= 0.6 is 11.3 Å². The topological polar surface area (TPSA) is 131 Å². The number of hydrogen-bond donors (Lipinski definition) is 2. The number of fused-ring (bicyclic) bond motifs is 1. The second-order valence-electron chi connectivity index (χ2n) is 12.7. The molecule has 5 fully saturated rings. The van der Waals surface area contributed by atoms with E-state index in [0.717, 1.165) is 36.4 Å². The molecular weight excluding hydrogens is 686 g/mol. The third-order valence-corrected chi connectivity index (χ3v) is 14.1. The Morgan fingerprint density at radius 2 is 1.66 bits per heavy atom. The second kappa shape index (κ2) is 10.2. The van der Waals surface area contributed by atoms with Crippen LogP contribution < -0.4 is 10.0 Å². The first kappa shape index (κ1) is 30.6. The van der Waals surface area contributed by atoms with Gasteiger partial charge < -0.3 is 5.32 Å². The Bertz CT molecular complexity index is 2160. The molecule has 2 N–H and O–H groups in total. The van der Waals surface area contributed by atoms with Crippen LogP contribution in [0.4, 0.5) is 33.6 Å².